The predicted octanol–water partition coefficient (Wildman–Crippen LogP) is 3.49. The highest BCUT2D eigenvalue weighted by Crippen LogP contribution is 2.21. The fraction of sp³-hybridized carbons (Fsp3) is 0.200. The molecule has 1 aromatic heterocycles. The first kappa shape index (κ1) is 11.7. The Kier molecular flexibility index (Phi) is 4.04. The zero-order chi connectivity index (χ0) is 11.4. The first-order valence-electron chi connectivity index (χ1n) is 4.52. The third-order valence-corrected chi connectivity index (χ3v) is 3.60. The van der Waals surface area contributed by atoms with E-state index in [0.29, 0.717) is 11.1 Å². The van der Waals surface area contributed by atoms with Crippen LogP contribution in [0.4, 0.5) is 0 Å². The number of hydrogen-bond donors (Lipinski definition) is 0. The van der Waals surface area contributed by atoms with Gasteiger partial charge in [-0.1, -0.05) is 11.3 Å². The molecule has 1 aromatic carbocycles. The van der Waals surface area contributed by atoms with E-state index < -0.39 is 0 Å². The molecule has 0 spiro atoms. The summed E-state index contributed by atoms with van der Waals surface area (Å²) in [6, 6.07) is 7.92. The van der Waals surface area contributed by atoms with Gasteiger partial charge in [0.1, 0.15) is 12.4 Å². The average Bonchev–Trinajstić information content (AvgIpc) is 2.73. The highest BCUT2D eigenvalue weighted by Gasteiger charge is 2.02. The molecule has 0 aliphatic rings. The molecule has 0 aliphatic carbocycles. The van der Waals surface area contributed by atoms with Gasteiger partial charge < -0.3 is 4.74 Å². The summed E-state index contributed by atoms with van der Waals surface area (Å²) in [5, 5.41) is 8.36. The number of hydrogen-bond acceptors (Lipinski definition) is 5. The topological polar surface area (TPSA) is 35.0 Å². The summed E-state index contributed by atoms with van der Waals surface area (Å²) in [4.78, 5) is 1.21. The lowest BCUT2D eigenvalue weighted by Gasteiger charge is -2.03. The second kappa shape index (κ2) is 5.52. The second-order valence-electron chi connectivity index (χ2n) is 2.91. The first-order chi connectivity index (χ1) is 7.78. The van der Waals surface area contributed by atoms with Crippen LogP contribution in [0.25, 0.3) is 0 Å². The molecule has 3 nitrogen and oxygen atoms in total. The second-order valence-corrected chi connectivity index (χ2v) is 5.44. The third kappa shape index (κ3) is 3.10. The molecule has 0 saturated heterocycles. The molecule has 0 aliphatic heterocycles. The van der Waals surface area contributed by atoms with Crippen molar-refractivity contribution in [2.75, 3.05) is 6.26 Å². The van der Waals surface area contributed by atoms with Crippen LogP contribution in [0.15, 0.2) is 29.2 Å². The summed E-state index contributed by atoms with van der Waals surface area (Å²) in [5.74, 6) is 0.823. The molecular weight excluding hydrogens is 264 g/mol. The van der Waals surface area contributed by atoms with Crippen LogP contribution in [0.3, 0.4) is 0 Å². The van der Waals surface area contributed by atoms with Crippen LogP contribution in [0.5, 0.6) is 5.75 Å². The SMILES string of the molecule is CSc1ccc(OCc2nnc(Cl)s2)cc1. The van der Waals surface area contributed by atoms with Gasteiger partial charge in [-0.2, -0.15) is 0 Å². The number of aromatic nitrogens is 2. The van der Waals surface area contributed by atoms with Gasteiger partial charge in [0.2, 0.25) is 4.47 Å². The van der Waals surface area contributed by atoms with Crippen molar-refractivity contribution in [3.63, 3.8) is 0 Å². The Hall–Kier alpha value is -0.780. The lowest BCUT2D eigenvalue weighted by molar-refractivity contribution is 0.304. The normalized spacial score (nSPS) is 10.4. The zero-order valence-corrected chi connectivity index (χ0v) is 10.9. The van der Waals surface area contributed by atoms with Crippen LogP contribution in [-0.2, 0) is 6.61 Å². The Balaban J connectivity index is 1.94. The van der Waals surface area contributed by atoms with Crippen LogP contribution < -0.4 is 4.74 Å². The Morgan fingerprint density at radius 3 is 2.62 bits per heavy atom. The van der Waals surface area contributed by atoms with E-state index in [0.717, 1.165) is 10.8 Å². The molecule has 2 aromatic rings. The number of nitrogens with zero attached hydrogens (tertiary/aromatic N) is 2. The number of halogens is 1. The van der Waals surface area contributed by atoms with Crippen molar-refractivity contribution < 1.29 is 4.74 Å². The van der Waals surface area contributed by atoms with Gasteiger partial charge in [-0.05, 0) is 42.1 Å². The molecule has 16 heavy (non-hydrogen) atoms. The molecule has 6 heteroatoms. The summed E-state index contributed by atoms with van der Waals surface area (Å²) < 4.78 is 5.99. The maximum atomic E-state index is 5.67. The lowest BCUT2D eigenvalue weighted by Crippen LogP contribution is -1.94. The van der Waals surface area contributed by atoms with Gasteiger partial charge in [0.25, 0.3) is 0 Å². The monoisotopic (exact) mass is 272 g/mol. The quantitative estimate of drug-likeness (QED) is 0.798. The van der Waals surface area contributed by atoms with Gasteiger partial charge in [0, 0.05) is 4.90 Å². The fourth-order valence-electron chi connectivity index (χ4n) is 1.11. The summed E-state index contributed by atoms with van der Waals surface area (Å²) in [5.41, 5.74) is 0. The molecular formula is C10H9ClN2OS2. The molecule has 0 unspecified atom stereocenters. The van der Waals surface area contributed by atoms with E-state index in [2.05, 4.69) is 10.2 Å². The van der Waals surface area contributed by atoms with E-state index in [-0.39, 0.29) is 0 Å². The number of thioether (sulfide) groups is 1. The molecule has 0 radical (unpaired) electrons. The zero-order valence-electron chi connectivity index (χ0n) is 8.51. The molecule has 2 rings (SSSR count). The van der Waals surface area contributed by atoms with Crippen LogP contribution in [0.1, 0.15) is 5.01 Å². The van der Waals surface area contributed by atoms with Gasteiger partial charge in [0.05, 0.1) is 0 Å². The van der Waals surface area contributed by atoms with Gasteiger partial charge in [-0.3, -0.25) is 0 Å². The van der Waals surface area contributed by atoms with Crippen LogP contribution in [-0.4, -0.2) is 16.5 Å². The van der Waals surface area contributed by atoms with E-state index in [1.807, 2.05) is 30.5 Å². The Bertz CT molecular complexity index is 458. The molecule has 1 heterocycles. The summed E-state index contributed by atoms with van der Waals surface area (Å²) in [6.07, 6.45) is 2.04. The van der Waals surface area contributed by atoms with Crippen LogP contribution in [0.2, 0.25) is 4.47 Å². The van der Waals surface area contributed by atoms with Crippen molar-refractivity contribution in [3.05, 3.63) is 33.7 Å². The summed E-state index contributed by atoms with van der Waals surface area (Å²) in [6.45, 7) is 0.406. The summed E-state index contributed by atoms with van der Waals surface area (Å²) in [7, 11) is 0. The third-order valence-electron chi connectivity index (χ3n) is 1.86. The van der Waals surface area contributed by atoms with E-state index in [9.17, 15) is 0 Å². The number of rotatable bonds is 4. The molecule has 0 saturated carbocycles. The fourth-order valence-corrected chi connectivity index (χ4v) is 2.30. The molecule has 0 N–H and O–H groups in total. The minimum Gasteiger partial charge on any atom is -0.486 e. The maximum absolute atomic E-state index is 5.67. The molecule has 0 atom stereocenters. The van der Waals surface area contributed by atoms with E-state index >= 15 is 0 Å². The predicted molar refractivity (Wildman–Crippen MR) is 67.5 cm³/mol. The number of benzene rings is 1. The van der Waals surface area contributed by atoms with Gasteiger partial charge in [0.15, 0.2) is 5.01 Å². The highest BCUT2D eigenvalue weighted by atomic mass is 35.5. The van der Waals surface area contributed by atoms with Crippen molar-refractivity contribution in [2.45, 2.75) is 11.5 Å². The molecule has 84 valence electrons. The van der Waals surface area contributed by atoms with Crippen molar-refractivity contribution in [1.29, 1.82) is 0 Å². The maximum Gasteiger partial charge on any atom is 0.207 e. The highest BCUT2D eigenvalue weighted by molar-refractivity contribution is 7.98. The minimum atomic E-state index is 0.406. The van der Waals surface area contributed by atoms with Gasteiger partial charge in [-0.15, -0.1) is 22.0 Å². The molecule has 0 fully saturated rings. The average molecular weight is 273 g/mol. The van der Waals surface area contributed by atoms with Gasteiger partial charge in [-0.25, -0.2) is 0 Å². The Morgan fingerprint density at radius 1 is 1.31 bits per heavy atom. The molecule has 0 amide bonds. The molecule has 0 bridgehead atoms. The van der Waals surface area contributed by atoms with E-state index in [1.165, 1.54) is 16.2 Å². The first-order valence-corrected chi connectivity index (χ1v) is 6.94. The summed E-state index contributed by atoms with van der Waals surface area (Å²) >= 11 is 8.70. The smallest absolute Gasteiger partial charge is 0.207 e. The van der Waals surface area contributed by atoms with Crippen molar-refractivity contribution in [3.8, 4) is 5.75 Å². The largest absolute Gasteiger partial charge is 0.486 e. The van der Waals surface area contributed by atoms with Crippen LogP contribution >= 0.6 is 34.7 Å². The van der Waals surface area contributed by atoms with Gasteiger partial charge >= 0.3 is 0 Å². The minimum absolute atomic E-state index is 0.406. The Labute approximate surface area is 107 Å². The van der Waals surface area contributed by atoms with Crippen LogP contribution in [0, 0.1) is 0 Å². The standard InChI is InChI=1S/C10H9ClN2OS2/c1-15-8-4-2-7(3-5-8)14-6-9-12-13-10(11)16-9/h2-5H,6H2,1H3. The van der Waals surface area contributed by atoms with E-state index in [1.54, 1.807) is 11.8 Å². The van der Waals surface area contributed by atoms with E-state index in [4.69, 9.17) is 16.3 Å². The van der Waals surface area contributed by atoms with Crippen molar-refractivity contribution in [1.82, 2.24) is 10.2 Å². The lowest BCUT2D eigenvalue weighted by atomic mass is 10.3. The Morgan fingerprint density at radius 2 is 2.06 bits per heavy atom. The number of ether oxygens (including phenoxy) is 1. The van der Waals surface area contributed by atoms with Crippen molar-refractivity contribution >= 4 is 34.7 Å². The van der Waals surface area contributed by atoms with Crippen molar-refractivity contribution in [2.24, 2.45) is 0 Å².